The number of carbonyl (C=O) groups is 4. The van der Waals surface area contributed by atoms with Crippen LogP contribution in [0.5, 0.6) is 0 Å². The number of aliphatic hydroxyl groups is 1. The van der Waals surface area contributed by atoms with E-state index in [-0.39, 0.29) is 19.4 Å². The molecule has 0 aromatic carbocycles. The molecule has 0 bridgehead atoms. The van der Waals surface area contributed by atoms with Crippen molar-refractivity contribution < 1.29 is 29.4 Å². The minimum Gasteiger partial charge on any atom is -0.480 e. The van der Waals surface area contributed by atoms with Crippen LogP contribution < -0.4 is 16.4 Å². The molecule has 1 saturated heterocycles. The van der Waals surface area contributed by atoms with Crippen molar-refractivity contribution in [3.05, 3.63) is 18.2 Å². The van der Waals surface area contributed by atoms with Crippen LogP contribution in [0.4, 0.5) is 0 Å². The lowest BCUT2D eigenvalue weighted by atomic mass is 10.1. The molecule has 3 amide bonds. The number of imidazole rings is 1. The zero-order valence-electron chi connectivity index (χ0n) is 18.7. The molecule has 1 aliphatic heterocycles. The SMILES string of the molecule is CSCCC(NC(=O)C(N)Cc1cnc[nH]1)C(=O)NC(C(=O)N1CCCC1C(=O)O)C(C)O. The molecule has 0 spiro atoms. The van der Waals surface area contributed by atoms with Gasteiger partial charge in [-0.05, 0) is 38.2 Å². The van der Waals surface area contributed by atoms with Crippen molar-refractivity contribution >= 4 is 35.5 Å². The van der Waals surface area contributed by atoms with E-state index < -0.39 is 54.0 Å². The number of nitrogens with one attached hydrogen (secondary N) is 3. The molecular formula is C20H32N6O6S. The Morgan fingerprint density at radius 2 is 2.06 bits per heavy atom. The fourth-order valence-electron chi connectivity index (χ4n) is 3.62. The summed E-state index contributed by atoms with van der Waals surface area (Å²) in [5, 5.41) is 24.6. The average Bonchev–Trinajstić information content (AvgIpc) is 3.45. The van der Waals surface area contributed by atoms with E-state index in [4.69, 9.17) is 5.73 Å². The van der Waals surface area contributed by atoms with Crippen LogP contribution in [0.2, 0.25) is 0 Å². The van der Waals surface area contributed by atoms with E-state index in [0.717, 1.165) is 4.90 Å². The standard InChI is InChI=1S/C20H32N6O6S/c1-11(27)16(19(30)26-6-3-4-15(26)20(31)32)25-18(29)14(5-7-33-2)24-17(28)13(21)8-12-9-22-10-23-12/h9-11,13-16,27H,3-8,21H2,1-2H3,(H,22,23)(H,24,28)(H,25,29)(H,31,32). The van der Waals surface area contributed by atoms with E-state index in [1.165, 1.54) is 25.0 Å². The van der Waals surface area contributed by atoms with Crippen molar-refractivity contribution in [3.63, 3.8) is 0 Å². The summed E-state index contributed by atoms with van der Waals surface area (Å²) in [4.78, 5) is 57.9. The number of likely N-dealkylation sites (tertiary alicyclic amines) is 1. The van der Waals surface area contributed by atoms with Crippen molar-refractivity contribution in [2.45, 2.75) is 62.9 Å². The number of amides is 3. The van der Waals surface area contributed by atoms with Gasteiger partial charge in [-0.2, -0.15) is 11.8 Å². The minimum absolute atomic E-state index is 0.197. The van der Waals surface area contributed by atoms with Gasteiger partial charge in [-0.1, -0.05) is 0 Å². The number of hydrogen-bond acceptors (Lipinski definition) is 8. The summed E-state index contributed by atoms with van der Waals surface area (Å²) >= 11 is 1.48. The molecule has 0 aliphatic carbocycles. The summed E-state index contributed by atoms with van der Waals surface area (Å²) in [6.45, 7) is 1.56. The fraction of sp³-hybridized carbons (Fsp3) is 0.650. The highest BCUT2D eigenvalue weighted by atomic mass is 32.2. The number of hydrogen-bond donors (Lipinski definition) is 6. The zero-order chi connectivity index (χ0) is 24.5. The largest absolute Gasteiger partial charge is 0.480 e. The van der Waals surface area contributed by atoms with Gasteiger partial charge in [-0.3, -0.25) is 14.4 Å². The number of carbonyl (C=O) groups excluding carboxylic acids is 3. The van der Waals surface area contributed by atoms with Crippen LogP contribution in [0, 0.1) is 0 Å². The Bertz CT molecular complexity index is 820. The van der Waals surface area contributed by atoms with Gasteiger partial charge in [-0.25, -0.2) is 9.78 Å². The van der Waals surface area contributed by atoms with Crippen LogP contribution in [0.25, 0.3) is 0 Å². The minimum atomic E-state index is -1.34. The van der Waals surface area contributed by atoms with Crippen molar-refractivity contribution in [1.29, 1.82) is 0 Å². The quantitative estimate of drug-likeness (QED) is 0.204. The first-order chi connectivity index (χ1) is 15.6. The highest BCUT2D eigenvalue weighted by Crippen LogP contribution is 2.19. The molecule has 7 N–H and O–H groups in total. The van der Waals surface area contributed by atoms with E-state index in [2.05, 4.69) is 20.6 Å². The number of nitrogens with zero attached hydrogens (tertiary/aromatic N) is 2. The summed E-state index contributed by atoms with van der Waals surface area (Å²) in [6.07, 6.45) is 4.90. The first-order valence-electron chi connectivity index (χ1n) is 10.7. The topological polar surface area (TPSA) is 191 Å². The van der Waals surface area contributed by atoms with Gasteiger partial charge in [-0.15, -0.1) is 0 Å². The van der Waals surface area contributed by atoms with Crippen LogP contribution in [0.3, 0.4) is 0 Å². The summed E-state index contributed by atoms with van der Waals surface area (Å²) in [5.41, 5.74) is 6.62. The Morgan fingerprint density at radius 1 is 1.33 bits per heavy atom. The lowest BCUT2D eigenvalue weighted by Crippen LogP contribution is -2.60. The second kappa shape index (κ2) is 12.6. The van der Waals surface area contributed by atoms with E-state index >= 15 is 0 Å². The van der Waals surface area contributed by atoms with E-state index in [9.17, 15) is 29.4 Å². The van der Waals surface area contributed by atoms with Gasteiger partial charge in [0, 0.05) is 24.9 Å². The molecule has 1 aliphatic rings. The van der Waals surface area contributed by atoms with Gasteiger partial charge in [0.2, 0.25) is 17.7 Å². The first-order valence-corrected chi connectivity index (χ1v) is 12.1. The molecule has 2 heterocycles. The van der Waals surface area contributed by atoms with Crippen LogP contribution in [0.15, 0.2) is 12.5 Å². The van der Waals surface area contributed by atoms with Crippen molar-refractivity contribution in [2.75, 3.05) is 18.6 Å². The molecule has 0 radical (unpaired) electrons. The molecule has 13 heteroatoms. The summed E-state index contributed by atoms with van der Waals surface area (Å²) < 4.78 is 0. The summed E-state index contributed by atoms with van der Waals surface area (Å²) in [6, 6.07) is -4.25. The highest BCUT2D eigenvalue weighted by Gasteiger charge is 2.40. The molecule has 184 valence electrons. The van der Waals surface area contributed by atoms with Crippen LogP contribution in [0.1, 0.15) is 31.9 Å². The van der Waals surface area contributed by atoms with Gasteiger partial charge in [0.15, 0.2) is 0 Å². The monoisotopic (exact) mass is 484 g/mol. The van der Waals surface area contributed by atoms with Crippen molar-refractivity contribution in [1.82, 2.24) is 25.5 Å². The molecular weight excluding hydrogens is 452 g/mol. The third kappa shape index (κ3) is 7.44. The Balaban J connectivity index is 2.08. The van der Waals surface area contributed by atoms with E-state index in [0.29, 0.717) is 24.3 Å². The first kappa shape index (κ1) is 26.6. The predicted octanol–water partition coefficient (Wildman–Crippen LogP) is -1.54. The molecule has 33 heavy (non-hydrogen) atoms. The van der Waals surface area contributed by atoms with Crippen LogP contribution in [-0.4, -0.2) is 97.6 Å². The lowest BCUT2D eigenvalue weighted by molar-refractivity contribution is -0.150. The maximum absolute atomic E-state index is 13.0. The molecule has 12 nitrogen and oxygen atoms in total. The molecule has 1 fully saturated rings. The summed E-state index contributed by atoms with van der Waals surface area (Å²) in [7, 11) is 0. The second-order valence-electron chi connectivity index (χ2n) is 7.98. The molecule has 5 atom stereocenters. The number of aliphatic hydroxyl groups excluding tert-OH is 1. The van der Waals surface area contributed by atoms with Crippen molar-refractivity contribution in [2.24, 2.45) is 5.73 Å². The van der Waals surface area contributed by atoms with E-state index in [1.807, 2.05) is 6.26 Å². The summed E-state index contributed by atoms with van der Waals surface area (Å²) in [5.74, 6) is -2.45. The average molecular weight is 485 g/mol. The zero-order valence-corrected chi connectivity index (χ0v) is 19.5. The Labute approximate surface area is 196 Å². The number of aliphatic carboxylic acids is 1. The number of carboxylic acid groups (broad SMARTS) is 1. The number of aromatic nitrogens is 2. The highest BCUT2D eigenvalue weighted by molar-refractivity contribution is 7.98. The number of thioether (sulfide) groups is 1. The smallest absolute Gasteiger partial charge is 0.326 e. The Morgan fingerprint density at radius 3 is 2.64 bits per heavy atom. The number of nitrogens with two attached hydrogens (primary N) is 1. The molecule has 1 aromatic rings. The van der Waals surface area contributed by atoms with Gasteiger partial charge < -0.3 is 36.5 Å². The third-order valence-electron chi connectivity index (χ3n) is 5.44. The third-order valence-corrected chi connectivity index (χ3v) is 6.09. The van der Waals surface area contributed by atoms with Crippen LogP contribution in [-0.2, 0) is 25.6 Å². The van der Waals surface area contributed by atoms with E-state index in [1.54, 1.807) is 6.20 Å². The van der Waals surface area contributed by atoms with Crippen molar-refractivity contribution in [3.8, 4) is 0 Å². The van der Waals surface area contributed by atoms with Crippen LogP contribution >= 0.6 is 11.8 Å². The second-order valence-corrected chi connectivity index (χ2v) is 8.97. The maximum Gasteiger partial charge on any atom is 0.326 e. The predicted molar refractivity (Wildman–Crippen MR) is 121 cm³/mol. The van der Waals surface area contributed by atoms with Gasteiger partial charge in [0.1, 0.15) is 18.1 Å². The Hall–Kier alpha value is -2.64. The van der Waals surface area contributed by atoms with Gasteiger partial charge in [0.05, 0.1) is 18.5 Å². The number of carboxylic acids is 1. The molecule has 0 saturated carbocycles. The lowest BCUT2D eigenvalue weighted by Gasteiger charge is -2.30. The molecule has 5 unspecified atom stereocenters. The number of rotatable bonds is 12. The van der Waals surface area contributed by atoms with Gasteiger partial charge >= 0.3 is 5.97 Å². The maximum atomic E-state index is 13.0. The fourth-order valence-corrected chi connectivity index (χ4v) is 4.09. The number of H-pyrrole nitrogens is 1. The van der Waals surface area contributed by atoms with Gasteiger partial charge in [0.25, 0.3) is 0 Å². The molecule has 1 aromatic heterocycles. The Kier molecular flexibility index (Phi) is 10.1. The number of aromatic amines is 1. The molecule has 2 rings (SSSR count). The normalized spacial score (nSPS) is 19.4.